The third kappa shape index (κ3) is 1.54. The maximum absolute atomic E-state index is 11.2. The van der Waals surface area contributed by atoms with Crippen molar-refractivity contribution in [2.45, 2.75) is 25.7 Å². The minimum Gasteiger partial charge on any atom is -0.469 e. The summed E-state index contributed by atoms with van der Waals surface area (Å²) in [6, 6.07) is 0. The first-order valence-corrected chi connectivity index (χ1v) is 5.26. The molecule has 2 aliphatic carbocycles. The van der Waals surface area contributed by atoms with Crippen LogP contribution in [-0.2, 0) is 14.3 Å². The average molecular weight is 198 g/mol. The third-order valence-corrected chi connectivity index (χ3v) is 3.74. The van der Waals surface area contributed by atoms with Crippen molar-refractivity contribution in [2.75, 3.05) is 20.8 Å². The summed E-state index contributed by atoms with van der Waals surface area (Å²) in [7, 11) is 3.23. The van der Waals surface area contributed by atoms with Crippen LogP contribution in [0.5, 0.6) is 0 Å². The topological polar surface area (TPSA) is 35.5 Å². The van der Waals surface area contributed by atoms with E-state index in [1.54, 1.807) is 7.11 Å². The van der Waals surface area contributed by atoms with Crippen LogP contribution in [0, 0.1) is 17.3 Å². The quantitative estimate of drug-likeness (QED) is 0.646. The third-order valence-electron chi connectivity index (χ3n) is 3.74. The molecule has 2 aliphatic rings. The van der Waals surface area contributed by atoms with Crippen LogP contribution in [0.15, 0.2) is 0 Å². The van der Waals surface area contributed by atoms with E-state index in [4.69, 9.17) is 9.47 Å². The number of hydrogen-bond donors (Lipinski definition) is 0. The number of carbonyl (C=O) groups is 1. The van der Waals surface area contributed by atoms with Gasteiger partial charge in [-0.05, 0) is 37.0 Å². The van der Waals surface area contributed by atoms with Crippen molar-refractivity contribution in [1.29, 1.82) is 0 Å². The van der Waals surface area contributed by atoms with Crippen LogP contribution in [0.25, 0.3) is 0 Å². The second kappa shape index (κ2) is 3.54. The molecule has 0 N–H and O–H groups in total. The Labute approximate surface area is 84.8 Å². The molecule has 0 atom stereocenters. The molecule has 80 valence electrons. The predicted molar refractivity (Wildman–Crippen MR) is 51.8 cm³/mol. The number of ether oxygens (including phenoxy) is 2. The molecule has 1 spiro atoms. The summed E-state index contributed by atoms with van der Waals surface area (Å²) in [5.41, 5.74) is 0.488. The number of methoxy groups -OCH3 is 2. The van der Waals surface area contributed by atoms with Crippen molar-refractivity contribution >= 4 is 5.97 Å². The van der Waals surface area contributed by atoms with Crippen LogP contribution in [-0.4, -0.2) is 26.8 Å². The number of esters is 1. The monoisotopic (exact) mass is 198 g/mol. The van der Waals surface area contributed by atoms with Gasteiger partial charge in [-0.25, -0.2) is 0 Å². The first-order chi connectivity index (χ1) is 6.69. The highest BCUT2D eigenvalue weighted by Crippen LogP contribution is 2.61. The molecule has 0 aromatic carbocycles. The van der Waals surface area contributed by atoms with Crippen molar-refractivity contribution in [3.63, 3.8) is 0 Å². The van der Waals surface area contributed by atoms with E-state index in [1.165, 1.54) is 20.0 Å². The van der Waals surface area contributed by atoms with Crippen LogP contribution < -0.4 is 0 Å². The van der Waals surface area contributed by atoms with E-state index < -0.39 is 0 Å². The van der Waals surface area contributed by atoms with Crippen molar-refractivity contribution in [2.24, 2.45) is 17.3 Å². The standard InChI is InChI=1S/C11H18O3/c1-13-7-8-3-11(4-8)5-9(6-11)10(12)14-2/h8-9H,3-7H2,1-2H3. The van der Waals surface area contributed by atoms with Crippen LogP contribution in [0.4, 0.5) is 0 Å². The summed E-state index contributed by atoms with van der Waals surface area (Å²) in [6.45, 7) is 0.880. The van der Waals surface area contributed by atoms with Crippen molar-refractivity contribution < 1.29 is 14.3 Å². The summed E-state index contributed by atoms with van der Waals surface area (Å²) in [5, 5.41) is 0. The Kier molecular flexibility index (Phi) is 2.52. The summed E-state index contributed by atoms with van der Waals surface area (Å²) in [4.78, 5) is 11.2. The molecule has 0 aromatic rings. The second-order valence-corrected chi connectivity index (χ2v) is 4.86. The minimum atomic E-state index is -0.0224. The molecule has 3 nitrogen and oxygen atoms in total. The van der Waals surface area contributed by atoms with Gasteiger partial charge in [0.15, 0.2) is 0 Å². The lowest BCUT2D eigenvalue weighted by Gasteiger charge is -2.56. The summed E-state index contributed by atoms with van der Waals surface area (Å²) in [5.74, 6) is 0.896. The molecule has 0 saturated heterocycles. The van der Waals surface area contributed by atoms with Crippen molar-refractivity contribution in [1.82, 2.24) is 0 Å². The fourth-order valence-electron chi connectivity index (χ4n) is 3.17. The Morgan fingerprint density at radius 1 is 1.29 bits per heavy atom. The van der Waals surface area contributed by atoms with E-state index in [1.807, 2.05) is 0 Å². The van der Waals surface area contributed by atoms with Crippen LogP contribution in [0.1, 0.15) is 25.7 Å². The lowest BCUT2D eigenvalue weighted by molar-refractivity contribution is -0.163. The fraction of sp³-hybridized carbons (Fsp3) is 0.909. The SMILES string of the molecule is COCC1CC2(C1)CC(C(=O)OC)C2. The van der Waals surface area contributed by atoms with Crippen molar-refractivity contribution in [3.8, 4) is 0 Å². The van der Waals surface area contributed by atoms with Gasteiger partial charge in [-0.15, -0.1) is 0 Å². The van der Waals surface area contributed by atoms with Gasteiger partial charge < -0.3 is 9.47 Å². The first kappa shape index (κ1) is 9.97. The van der Waals surface area contributed by atoms with E-state index in [0.717, 1.165) is 25.4 Å². The van der Waals surface area contributed by atoms with Gasteiger partial charge in [0, 0.05) is 13.7 Å². The highest BCUT2D eigenvalue weighted by atomic mass is 16.5. The highest BCUT2D eigenvalue weighted by Gasteiger charge is 2.54. The van der Waals surface area contributed by atoms with Crippen molar-refractivity contribution in [3.05, 3.63) is 0 Å². The Morgan fingerprint density at radius 3 is 2.43 bits per heavy atom. The molecule has 0 radical (unpaired) electrons. The lowest BCUT2D eigenvalue weighted by atomic mass is 9.48. The molecule has 0 aliphatic heterocycles. The van der Waals surface area contributed by atoms with Gasteiger partial charge in [-0.3, -0.25) is 4.79 Å². The summed E-state index contributed by atoms with van der Waals surface area (Å²) >= 11 is 0. The zero-order chi connectivity index (χ0) is 10.2. The maximum atomic E-state index is 11.2. The maximum Gasteiger partial charge on any atom is 0.308 e. The fourth-order valence-corrected chi connectivity index (χ4v) is 3.17. The second-order valence-electron chi connectivity index (χ2n) is 4.86. The molecular formula is C11H18O3. The predicted octanol–water partition coefficient (Wildman–Crippen LogP) is 1.61. The van der Waals surface area contributed by atoms with Gasteiger partial charge >= 0.3 is 5.97 Å². The van der Waals surface area contributed by atoms with E-state index in [9.17, 15) is 4.79 Å². The zero-order valence-corrected chi connectivity index (χ0v) is 8.91. The number of hydrogen-bond acceptors (Lipinski definition) is 3. The largest absolute Gasteiger partial charge is 0.469 e. The Bertz CT molecular complexity index is 223. The van der Waals surface area contributed by atoms with E-state index in [2.05, 4.69) is 0 Å². The van der Waals surface area contributed by atoms with Gasteiger partial charge in [0.25, 0.3) is 0 Å². The lowest BCUT2D eigenvalue weighted by Crippen LogP contribution is -2.50. The van der Waals surface area contributed by atoms with Gasteiger partial charge in [0.05, 0.1) is 13.0 Å². The van der Waals surface area contributed by atoms with Gasteiger partial charge in [-0.2, -0.15) is 0 Å². The number of rotatable bonds is 3. The molecule has 2 fully saturated rings. The smallest absolute Gasteiger partial charge is 0.308 e. The van der Waals surface area contributed by atoms with Crippen LogP contribution in [0.3, 0.4) is 0 Å². The molecule has 2 saturated carbocycles. The molecule has 0 amide bonds. The van der Waals surface area contributed by atoms with E-state index in [-0.39, 0.29) is 11.9 Å². The molecule has 0 heterocycles. The highest BCUT2D eigenvalue weighted by molar-refractivity contribution is 5.73. The molecule has 0 unspecified atom stereocenters. The molecule has 0 aromatic heterocycles. The van der Waals surface area contributed by atoms with Gasteiger partial charge in [0.2, 0.25) is 0 Å². The first-order valence-electron chi connectivity index (χ1n) is 5.26. The van der Waals surface area contributed by atoms with Gasteiger partial charge in [0.1, 0.15) is 0 Å². The molecule has 3 heteroatoms. The van der Waals surface area contributed by atoms with Crippen LogP contribution in [0.2, 0.25) is 0 Å². The zero-order valence-electron chi connectivity index (χ0n) is 8.91. The van der Waals surface area contributed by atoms with Gasteiger partial charge in [-0.1, -0.05) is 0 Å². The number of carbonyl (C=O) groups excluding carboxylic acids is 1. The Hall–Kier alpha value is -0.570. The Balaban J connectivity index is 1.71. The molecule has 0 bridgehead atoms. The van der Waals surface area contributed by atoms with Crippen LogP contribution >= 0.6 is 0 Å². The molecule has 14 heavy (non-hydrogen) atoms. The Morgan fingerprint density at radius 2 is 1.93 bits per heavy atom. The van der Waals surface area contributed by atoms with E-state index in [0.29, 0.717) is 5.41 Å². The summed E-state index contributed by atoms with van der Waals surface area (Å²) < 4.78 is 9.84. The molecular weight excluding hydrogens is 180 g/mol. The molecule has 2 rings (SSSR count). The minimum absolute atomic E-state index is 0.0224. The summed E-state index contributed by atoms with van der Waals surface area (Å²) in [6.07, 6.45) is 4.57. The average Bonchev–Trinajstić information content (AvgIpc) is 2.05. The van der Waals surface area contributed by atoms with E-state index >= 15 is 0 Å². The normalized spacial score (nSPS) is 40.1.